The first-order valence-corrected chi connectivity index (χ1v) is 11.0. The fourth-order valence-electron chi connectivity index (χ4n) is 3.64. The summed E-state index contributed by atoms with van der Waals surface area (Å²) in [6.07, 6.45) is 0.948. The van der Waals surface area contributed by atoms with Gasteiger partial charge in [-0.2, -0.15) is 0 Å². The molecule has 3 heterocycles. The van der Waals surface area contributed by atoms with Gasteiger partial charge in [-0.25, -0.2) is 9.25 Å². The minimum absolute atomic E-state index is 0.117. The van der Waals surface area contributed by atoms with E-state index in [1.807, 2.05) is 59.9 Å². The zero-order valence-corrected chi connectivity index (χ0v) is 18.0. The van der Waals surface area contributed by atoms with Crippen LogP contribution in [0.25, 0.3) is 22.4 Å². The average molecular weight is 433 g/mol. The number of para-hydroxylation sites is 2. The average Bonchev–Trinajstić information content (AvgIpc) is 3.41. The molecule has 10 heteroatoms. The monoisotopic (exact) mass is 432 g/mol. The number of rotatable bonds is 6. The molecule has 0 unspecified atom stereocenters. The minimum Gasteiger partial charge on any atom is -0.268 e. The van der Waals surface area contributed by atoms with Gasteiger partial charge in [0.2, 0.25) is 5.78 Å². The topological polar surface area (TPSA) is 95.8 Å². The molecule has 5 rings (SSSR count). The molecule has 0 radical (unpaired) electrons. The first kappa shape index (κ1) is 19.4. The van der Waals surface area contributed by atoms with Gasteiger partial charge >= 0.3 is 0 Å². The molecule has 0 atom stereocenters. The normalized spacial score (nSPS) is 11.5. The number of aromatic nitrogens is 8. The van der Waals surface area contributed by atoms with Gasteiger partial charge in [0.1, 0.15) is 0 Å². The van der Waals surface area contributed by atoms with Crippen molar-refractivity contribution in [2.45, 2.75) is 37.7 Å². The lowest BCUT2D eigenvalue weighted by Gasteiger charge is -2.13. The summed E-state index contributed by atoms with van der Waals surface area (Å²) >= 11 is 1.49. The van der Waals surface area contributed by atoms with Gasteiger partial charge in [-0.05, 0) is 47.5 Å². The first-order chi connectivity index (χ1) is 15.2. The molecular formula is C21H20N8OS. The van der Waals surface area contributed by atoms with Crippen LogP contribution in [0.1, 0.15) is 24.7 Å². The maximum Gasteiger partial charge on any atom is 0.267 e. The molecule has 0 saturated heterocycles. The minimum atomic E-state index is -0.117. The van der Waals surface area contributed by atoms with E-state index >= 15 is 0 Å². The number of benzene rings is 2. The molecule has 9 nitrogen and oxygen atoms in total. The molecule has 0 spiro atoms. The molecule has 5 aromatic rings. The summed E-state index contributed by atoms with van der Waals surface area (Å²) in [5.74, 6) is 1.81. The maximum absolute atomic E-state index is 13.4. The molecule has 0 aliphatic rings. The molecule has 2 aromatic carbocycles. The van der Waals surface area contributed by atoms with Gasteiger partial charge in [0.05, 0.1) is 22.3 Å². The Hall–Kier alpha value is -3.53. The van der Waals surface area contributed by atoms with Crippen molar-refractivity contribution < 1.29 is 0 Å². The molecule has 0 amide bonds. The Morgan fingerprint density at radius 2 is 1.81 bits per heavy atom. The fourth-order valence-corrected chi connectivity index (χ4v) is 4.52. The summed E-state index contributed by atoms with van der Waals surface area (Å²) in [6, 6.07) is 15.3. The number of nitrogens with zero attached hydrogens (tertiary/aromatic N) is 8. The lowest BCUT2D eigenvalue weighted by molar-refractivity contribution is 0.564. The molecular weight excluding hydrogens is 412 g/mol. The largest absolute Gasteiger partial charge is 0.268 e. The Labute approximate surface area is 181 Å². The van der Waals surface area contributed by atoms with Crippen LogP contribution in [0.2, 0.25) is 0 Å². The summed E-state index contributed by atoms with van der Waals surface area (Å²) in [7, 11) is 0. The lowest BCUT2D eigenvalue weighted by atomic mass is 10.2. The molecule has 0 aliphatic carbocycles. The highest BCUT2D eigenvalue weighted by atomic mass is 32.2. The van der Waals surface area contributed by atoms with E-state index < -0.39 is 0 Å². The summed E-state index contributed by atoms with van der Waals surface area (Å²) in [4.78, 5) is 13.4. The fraction of sp³-hybridized carbons (Fsp3) is 0.238. The Morgan fingerprint density at radius 1 is 1.00 bits per heavy atom. The van der Waals surface area contributed by atoms with E-state index in [4.69, 9.17) is 0 Å². The van der Waals surface area contributed by atoms with Crippen LogP contribution in [0, 0.1) is 6.92 Å². The molecule has 0 saturated carbocycles. The van der Waals surface area contributed by atoms with E-state index in [9.17, 15) is 4.79 Å². The van der Waals surface area contributed by atoms with Crippen LogP contribution in [0.4, 0.5) is 0 Å². The second-order valence-corrected chi connectivity index (χ2v) is 8.11. The second kappa shape index (κ2) is 7.95. The highest BCUT2D eigenvalue weighted by molar-refractivity contribution is 7.98. The maximum atomic E-state index is 13.4. The van der Waals surface area contributed by atoms with Gasteiger partial charge in [-0.1, -0.05) is 49.0 Å². The smallest absolute Gasteiger partial charge is 0.267 e. The van der Waals surface area contributed by atoms with E-state index in [2.05, 4.69) is 32.6 Å². The van der Waals surface area contributed by atoms with Crippen LogP contribution in [0.5, 0.6) is 0 Å². The molecule has 31 heavy (non-hydrogen) atoms. The van der Waals surface area contributed by atoms with Gasteiger partial charge in [0.25, 0.3) is 5.56 Å². The predicted molar refractivity (Wildman–Crippen MR) is 118 cm³/mol. The number of aryl methyl sites for hydroxylation is 2. The van der Waals surface area contributed by atoms with Crippen LogP contribution in [0.3, 0.4) is 0 Å². The van der Waals surface area contributed by atoms with E-state index in [0.717, 1.165) is 35.6 Å². The second-order valence-electron chi connectivity index (χ2n) is 7.17. The third-order valence-electron chi connectivity index (χ3n) is 5.12. The van der Waals surface area contributed by atoms with Gasteiger partial charge in [0, 0.05) is 6.54 Å². The Balaban J connectivity index is 1.69. The number of hydrogen-bond donors (Lipinski definition) is 0. The highest BCUT2D eigenvalue weighted by Crippen LogP contribution is 2.25. The lowest BCUT2D eigenvalue weighted by Crippen LogP contribution is -2.22. The Kier molecular flexibility index (Phi) is 4.99. The third-order valence-corrected chi connectivity index (χ3v) is 6.05. The van der Waals surface area contributed by atoms with Crippen molar-refractivity contribution in [2.75, 3.05) is 0 Å². The summed E-state index contributed by atoms with van der Waals surface area (Å²) in [6.45, 7) is 4.83. The predicted octanol–water partition coefficient (Wildman–Crippen LogP) is 3.03. The SMILES string of the molecule is CCCn1nnnc1CSc1nnc2n(-c3ccccc3C)c(=O)c3ccccc3n12. The van der Waals surface area contributed by atoms with Crippen molar-refractivity contribution in [1.29, 1.82) is 0 Å². The van der Waals surface area contributed by atoms with Crippen LogP contribution in [-0.2, 0) is 12.3 Å². The summed E-state index contributed by atoms with van der Waals surface area (Å²) in [5.41, 5.74) is 2.43. The first-order valence-electron chi connectivity index (χ1n) is 10.0. The van der Waals surface area contributed by atoms with Crippen molar-refractivity contribution in [2.24, 2.45) is 0 Å². The standard InChI is InChI=1S/C21H20N8OS/c1-3-12-27-18(22-25-26-27)13-31-21-24-23-20-28(16-10-6-4-8-14(16)2)19(30)15-9-5-7-11-17(15)29(20)21/h4-11H,3,12-13H2,1-2H3. The van der Waals surface area contributed by atoms with E-state index in [-0.39, 0.29) is 5.56 Å². The van der Waals surface area contributed by atoms with E-state index in [1.54, 1.807) is 9.25 Å². The molecule has 156 valence electrons. The molecule has 0 aliphatic heterocycles. The number of fused-ring (bicyclic) bond motifs is 3. The Bertz CT molecular complexity index is 1450. The van der Waals surface area contributed by atoms with Crippen LogP contribution >= 0.6 is 11.8 Å². The zero-order valence-electron chi connectivity index (χ0n) is 17.1. The van der Waals surface area contributed by atoms with E-state index in [1.165, 1.54) is 11.8 Å². The molecule has 3 aromatic heterocycles. The Morgan fingerprint density at radius 3 is 2.65 bits per heavy atom. The van der Waals surface area contributed by atoms with Gasteiger partial charge in [0.15, 0.2) is 11.0 Å². The van der Waals surface area contributed by atoms with Crippen molar-refractivity contribution in [3.05, 3.63) is 70.3 Å². The van der Waals surface area contributed by atoms with Crippen LogP contribution in [0.15, 0.2) is 58.5 Å². The highest BCUT2D eigenvalue weighted by Gasteiger charge is 2.19. The zero-order chi connectivity index (χ0) is 21.4. The van der Waals surface area contributed by atoms with Crippen molar-refractivity contribution in [3.8, 4) is 5.69 Å². The van der Waals surface area contributed by atoms with Crippen LogP contribution < -0.4 is 5.56 Å². The molecule has 0 bridgehead atoms. The van der Waals surface area contributed by atoms with Gasteiger partial charge in [-0.15, -0.1) is 15.3 Å². The molecule has 0 fully saturated rings. The number of hydrogen-bond acceptors (Lipinski definition) is 7. The summed E-state index contributed by atoms with van der Waals surface area (Å²) < 4.78 is 5.37. The number of tetrazole rings is 1. The van der Waals surface area contributed by atoms with Crippen LogP contribution in [-0.4, -0.2) is 39.4 Å². The van der Waals surface area contributed by atoms with Gasteiger partial charge in [-0.3, -0.25) is 9.20 Å². The van der Waals surface area contributed by atoms with E-state index in [0.29, 0.717) is 22.1 Å². The number of thioether (sulfide) groups is 1. The van der Waals surface area contributed by atoms with Crippen molar-refractivity contribution >= 4 is 28.4 Å². The van der Waals surface area contributed by atoms with Gasteiger partial charge < -0.3 is 0 Å². The van der Waals surface area contributed by atoms with Crippen molar-refractivity contribution in [1.82, 2.24) is 39.4 Å². The quantitative estimate of drug-likeness (QED) is 0.381. The molecule has 0 N–H and O–H groups in total. The van der Waals surface area contributed by atoms with Crippen molar-refractivity contribution in [3.63, 3.8) is 0 Å². The summed E-state index contributed by atoms with van der Waals surface area (Å²) in [5, 5.41) is 22.1. The third kappa shape index (κ3) is 3.28.